The molecule has 3 rings (SSSR count). The lowest BCUT2D eigenvalue weighted by Gasteiger charge is -2.09. The molecule has 160 valence electrons. The zero-order valence-electron chi connectivity index (χ0n) is 17.0. The summed E-state index contributed by atoms with van der Waals surface area (Å²) < 4.78 is 35.4. The molecule has 3 aromatic rings. The van der Waals surface area contributed by atoms with Crippen LogP contribution in [0, 0.1) is 6.92 Å². The fraction of sp³-hybridized carbons (Fsp3) is 0.136. The maximum absolute atomic E-state index is 12.5. The van der Waals surface area contributed by atoms with Crippen molar-refractivity contribution in [2.24, 2.45) is 5.10 Å². The summed E-state index contributed by atoms with van der Waals surface area (Å²) in [6.07, 6.45) is 2.79. The average Bonchev–Trinajstić information content (AvgIpc) is 2.75. The number of benzene rings is 2. The summed E-state index contributed by atoms with van der Waals surface area (Å²) in [4.78, 5) is 16.2. The van der Waals surface area contributed by atoms with Crippen molar-refractivity contribution < 1.29 is 22.1 Å². The van der Waals surface area contributed by atoms with E-state index in [0.29, 0.717) is 5.75 Å². The minimum atomic E-state index is -4.04. The van der Waals surface area contributed by atoms with Crippen LogP contribution in [0.1, 0.15) is 16.8 Å². The van der Waals surface area contributed by atoms with Gasteiger partial charge in [0.2, 0.25) is 5.91 Å². The average molecular weight is 439 g/mol. The molecule has 1 N–H and O–H groups in total. The van der Waals surface area contributed by atoms with Crippen LogP contribution in [0.4, 0.5) is 0 Å². The number of carbonyl (C=O) groups is 1. The van der Waals surface area contributed by atoms with Crippen LogP contribution in [0.3, 0.4) is 0 Å². The van der Waals surface area contributed by atoms with E-state index in [1.807, 2.05) is 6.92 Å². The van der Waals surface area contributed by atoms with Crippen molar-refractivity contribution in [2.75, 3.05) is 7.11 Å². The molecule has 0 saturated heterocycles. The highest BCUT2D eigenvalue weighted by molar-refractivity contribution is 7.87. The number of aromatic nitrogens is 1. The lowest BCUT2D eigenvalue weighted by molar-refractivity contribution is -0.120. The van der Waals surface area contributed by atoms with E-state index >= 15 is 0 Å². The van der Waals surface area contributed by atoms with Gasteiger partial charge in [-0.1, -0.05) is 29.8 Å². The second kappa shape index (κ2) is 9.86. The largest absolute Gasteiger partial charge is 0.497 e. The minimum absolute atomic E-state index is 0.00568. The number of hydrogen-bond acceptors (Lipinski definition) is 7. The summed E-state index contributed by atoms with van der Waals surface area (Å²) in [5.74, 6) is 0.294. The number of amides is 1. The summed E-state index contributed by atoms with van der Waals surface area (Å²) in [6, 6.07) is 16.4. The second-order valence-electron chi connectivity index (χ2n) is 6.56. The summed E-state index contributed by atoms with van der Waals surface area (Å²) in [5, 5.41) is 3.86. The van der Waals surface area contributed by atoms with Crippen LogP contribution in [0.15, 0.2) is 76.9 Å². The summed E-state index contributed by atoms with van der Waals surface area (Å²) in [7, 11) is -2.49. The Bertz CT molecular complexity index is 1190. The fourth-order valence-electron chi connectivity index (χ4n) is 2.61. The highest BCUT2D eigenvalue weighted by Gasteiger charge is 2.18. The van der Waals surface area contributed by atoms with Crippen LogP contribution < -0.4 is 14.3 Å². The van der Waals surface area contributed by atoms with Gasteiger partial charge in [-0.3, -0.25) is 9.78 Å². The third-order valence-electron chi connectivity index (χ3n) is 4.18. The molecule has 0 fully saturated rings. The predicted octanol–water partition coefficient (Wildman–Crippen LogP) is 2.86. The van der Waals surface area contributed by atoms with Crippen molar-refractivity contribution in [1.82, 2.24) is 10.4 Å². The van der Waals surface area contributed by atoms with Crippen LogP contribution in [-0.2, 0) is 21.3 Å². The number of ether oxygens (including phenoxy) is 1. The Balaban J connectivity index is 1.68. The Kier molecular flexibility index (Phi) is 6.99. The van der Waals surface area contributed by atoms with E-state index in [1.165, 1.54) is 30.6 Å². The van der Waals surface area contributed by atoms with Gasteiger partial charge in [0.1, 0.15) is 16.3 Å². The molecule has 0 radical (unpaired) electrons. The quantitative estimate of drug-likeness (QED) is 0.329. The summed E-state index contributed by atoms with van der Waals surface area (Å²) in [5.41, 5.74) is 4.23. The topological polar surface area (TPSA) is 107 Å². The van der Waals surface area contributed by atoms with Crippen molar-refractivity contribution in [3.8, 4) is 11.5 Å². The molecular formula is C22H21N3O5S. The van der Waals surface area contributed by atoms with Crippen molar-refractivity contribution in [1.29, 1.82) is 0 Å². The Morgan fingerprint density at radius 1 is 1.13 bits per heavy atom. The number of hydrogen-bond donors (Lipinski definition) is 1. The molecule has 0 bridgehead atoms. The third-order valence-corrected chi connectivity index (χ3v) is 5.43. The molecule has 9 heteroatoms. The van der Waals surface area contributed by atoms with Crippen LogP contribution in [0.25, 0.3) is 0 Å². The van der Waals surface area contributed by atoms with E-state index < -0.39 is 10.1 Å². The van der Waals surface area contributed by atoms with E-state index in [0.717, 1.165) is 11.1 Å². The van der Waals surface area contributed by atoms with Gasteiger partial charge in [-0.05, 0) is 48.9 Å². The number of aryl methyl sites for hydroxylation is 1. The van der Waals surface area contributed by atoms with Gasteiger partial charge in [0.25, 0.3) is 0 Å². The molecular weight excluding hydrogens is 418 g/mol. The third kappa shape index (κ3) is 6.13. The lowest BCUT2D eigenvalue weighted by Crippen LogP contribution is -2.20. The van der Waals surface area contributed by atoms with Crippen molar-refractivity contribution in [3.63, 3.8) is 0 Å². The van der Waals surface area contributed by atoms with Crippen LogP contribution in [0.5, 0.6) is 11.5 Å². The normalized spacial score (nSPS) is 11.3. The first kappa shape index (κ1) is 22.0. The van der Waals surface area contributed by atoms with Crippen LogP contribution in [-0.4, -0.2) is 32.6 Å². The molecule has 0 atom stereocenters. The number of carbonyl (C=O) groups excluding carboxylic acids is 1. The van der Waals surface area contributed by atoms with E-state index in [9.17, 15) is 13.2 Å². The number of pyridine rings is 1. The van der Waals surface area contributed by atoms with Crippen LogP contribution in [0.2, 0.25) is 0 Å². The maximum atomic E-state index is 12.5. The van der Waals surface area contributed by atoms with Crippen LogP contribution >= 0.6 is 0 Å². The predicted molar refractivity (Wildman–Crippen MR) is 116 cm³/mol. The SMILES string of the molecule is COc1cccc(CC(=O)N/N=C/c2ncccc2OS(=O)(=O)c2ccc(C)cc2)c1. The smallest absolute Gasteiger partial charge is 0.339 e. The number of nitrogens with zero attached hydrogens (tertiary/aromatic N) is 2. The molecule has 1 aromatic heterocycles. The number of methoxy groups -OCH3 is 1. The van der Waals surface area contributed by atoms with Gasteiger partial charge in [-0.15, -0.1) is 0 Å². The van der Waals surface area contributed by atoms with Gasteiger partial charge in [0, 0.05) is 6.20 Å². The summed E-state index contributed by atoms with van der Waals surface area (Å²) in [6.45, 7) is 1.86. The maximum Gasteiger partial charge on any atom is 0.339 e. The molecule has 0 aliphatic carbocycles. The molecule has 0 spiro atoms. The molecule has 0 aliphatic heterocycles. The molecule has 1 amide bonds. The number of hydrazone groups is 1. The van der Waals surface area contributed by atoms with E-state index in [-0.39, 0.29) is 28.7 Å². The van der Waals surface area contributed by atoms with E-state index in [4.69, 9.17) is 8.92 Å². The molecule has 0 aliphatic rings. The van der Waals surface area contributed by atoms with Gasteiger partial charge in [0.05, 0.1) is 19.7 Å². The van der Waals surface area contributed by atoms with Gasteiger partial charge < -0.3 is 8.92 Å². The number of rotatable bonds is 8. The van der Waals surface area contributed by atoms with Gasteiger partial charge >= 0.3 is 10.1 Å². The van der Waals surface area contributed by atoms with Gasteiger partial charge in [-0.2, -0.15) is 13.5 Å². The first-order valence-corrected chi connectivity index (χ1v) is 10.7. The molecule has 8 nitrogen and oxygen atoms in total. The summed E-state index contributed by atoms with van der Waals surface area (Å²) >= 11 is 0. The zero-order valence-corrected chi connectivity index (χ0v) is 17.8. The molecule has 0 saturated carbocycles. The highest BCUT2D eigenvalue weighted by Crippen LogP contribution is 2.20. The van der Waals surface area contributed by atoms with Crippen molar-refractivity contribution >= 4 is 22.2 Å². The zero-order chi connectivity index (χ0) is 22.3. The van der Waals surface area contributed by atoms with E-state index in [1.54, 1.807) is 49.6 Å². The standard InChI is InChI=1S/C22H21N3O5S/c1-16-8-10-19(11-9-16)31(27,28)30-21-7-4-12-23-20(21)15-24-25-22(26)14-17-5-3-6-18(13-17)29-2/h3-13,15H,14H2,1-2H3,(H,25,26)/b24-15+. The Labute approximate surface area is 180 Å². The Morgan fingerprint density at radius 3 is 2.65 bits per heavy atom. The Hall–Kier alpha value is -3.72. The molecule has 0 unspecified atom stereocenters. The highest BCUT2D eigenvalue weighted by atomic mass is 32.2. The lowest BCUT2D eigenvalue weighted by atomic mass is 10.1. The van der Waals surface area contributed by atoms with E-state index in [2.05, 4.69) is 15.5 Å². The molecule has 2 aromatic carbocycles. The van der Waals surface area contributed by atoms with Crippen molar-refractivity contribution in [3.05, 3.63) is 83.7 Å². The Morgan fingerprint density at radius 2 is 1.90 bits per heavy atom. The fourth-order valence-corrected chi connectivity index (χ4v) is 3.56. The van der Waals surface area contributed by atoms with Crippen molar-refractivity contribution in [2.45, 2.75) is 18.2 Å². The van der Waals surface area contributed by atoms with Gasteiger partial charge in [-0.25, -0.2) is 5.43 Å². The number of nitrogens with one attached hydrogen (secondary N) is 1. The van der Waals surface area contributed by atoms with Gasteiger partial charge in [0.15, 0.2) is 5.75 Å². The first-order valence-electron chi connectivity index (χ1n) is 9.28. The monoisotopic (exact) mass is 439 g/mol. The minimum Gasteiger partial charge on any atom is -0.497 e. The molecule has 1 heterocycles. The molecule has 31 heavy (non-hydrogen) atoms. The first-order chi connectivity index (χ1) is 14.9. The second-order valence-corrected chi connectivity index (χ2v) is 8.11.